The van der Waals surface area contributed by atoms with Crippen LogP contribution in [0.3, 0.4) is 0 Å². The molecule has 1 saturated heterocycles. The Balaban J connectivity index is 2.04. The third-order valence-electron chi connectivity index (χ3n) is 2.50. The summed E-state index contributed by atoms with van der Waals surface area (Å²) < 4.78 is 0. The molecule has 0 bridgehead atoms. The number of rotatable bonds is 2. The standard InChI is InChI=1S/C9H12N2O2S/c12-9(13)6-1-2-10-7(5-6)8-11-3-4-14-8/h3-4,6-7,10H,1-2,5H2,(H,12,13). The van der Waals surface area contributed by atoms with E-state index in [9.17, 15) is 4.79 Å². The van der Waals surface area contributed by atoms with Gasteiger partial charge in [-0.1, -0.05) is 0 Å². The molecule has 0 radical (unpaired) electrons. The lowest BCUT2D eigenvalue weighted by Crippen LogP contribution is -2.34. The number of hydrogen-bond acceptors (Lipinski definition) is 4. The Morgan fingerprint density at radius 1 is 1.71 bits per heavy atom. The first-order chi connectivity index (χ1) is 6.77. The highest BCUT2D eigenvalue weighted by Gasteiger charge is 2.28. The first-order valence-corrected chi connectivity index (χ1v) is 5.51. The van der Waals surface area contributed by atoms with Crippen molar-refractivity contribution in [3.63, 3.8) is 0 Å². The summed E-state index contributed by atoms with van der Waals surface area (Å²) in [5, 5.41) is 15.1. The van der Waals surface area contributed by atoms with E-state index in [2.05, 4.69) is 10.3 Å². The van der Waals surface area contributed by atoms with Crippen molar-refractivity contribution < 1.29 is 9.90 Å². The number of aromatic nitrogens is 1. The lowest BCUT2D eigenvalue weighted by Gasteiger charge is -2.26. The molecule has 1 aliphatic rings. The number of carboxylic acid groups (broad SMARTS) is 1. The average molecular weight is 212 g/mol. The van der Waals surface area contributed by atoms with Crippen LogP contribution in [0.2, 0.25) is 0 Å². The summed E-state index contributed by atoms with van der Waals surface area (Å²) in [6, 6.07) is 0.129. The van der Waals surface area contributed by atoms with Gasteiger partial charge in [0.15, 0.2) is 0 Å². The van der Waals surface area contributed by atoms with E-state index in [1.165, 1.54) is 0 Å². The maximum absolute atomic E-state index is 10.8. The van der Waals surface area contributed by atoms with Gasteiger partial charge >= 0.3 is 5.97 Å². The monoisotopic (exact) mass is 212 g/mol. The predicted molar refractivity (Wildman–Crippen MR) is 53.2 cm³/mol. The van der Waals surface area contributed by atoms with Crippen molar-refractivity contribution in [3.8, 4) is 0 Å². The summed E-state index contributed by atoms with van der Waals surface area (Å²) in [5.41, 5.74) is 0. The zero-order valence-corrected chi connectivity index (χ0v) is 8.46. The van der Waals surface area contributed by atoms with Gasteiger partial charge in [-0.3, -0.25) is 4.79 Å². The molecule has 2 rings (SSSR count). The van der Waals surface area contributed by atoms with Crippen LogP contribution in [0, 0.1) is 5.92 Å². The van der Waals surface area contributed by atoms with Crippen molar-refractivity contribution >= 4 is 17.3 Å². The van der Waals surface area contributed by atoms with Crippen LogP contribution in [0.5, 0.6) is 0 Å². The molecule has 1 aromatic heterocycles. The normalized spacial score (nSPS) is 27.4. The molecule has 14 heavy (non-hydrogen) atoms. The molecule has 2 N–H and O–H groups in total. The summed E-state index contributed by atoms with van der Waals surface area (Å²) in [4.78, 5) is 15.0. The van der Waals surface area contributed by atoms with Gasteiger partial charge in [0.05, 0.1) is 12.0 Å². The fourth-order valence-electron chi connectivity index (χ4n) is 1.74. The lowest BCUT2D eigenvalue weighted by atomic mass is 9.93. The highest BCUT2D eigenvalue weighted by Crippen LogP contribution is 2.28. The Labute approximate surface area is 86.0 Å². The maximum Gasteiger partial charge on any atom is 0.306 e. The third-order valence-corrected chi connectivity index (χ3v) is 3.39. The van der Waals surface area contributed by atoms with Gasteiger partial charge in [-0.25, -0.2) is 4.98 Å². The summed E-state index contributed by atoms with van der Waals surface area (Å²) in [6.45, 7) is 0.765. The van der Waals surface area contributed by atoms with Crippen LogP contribution < -0.4 is 5.32 Å². The highest BCUT2D eigenvalue weighted by molar-refractivity contribution is 7.09. The van der Waals surface area contributed by atoms with Crippen molar-refractivity contribution in [3.05, 3.63) is 16.6 Å². The first kappa shape index (κ1) is 9.61. The molecule has 0 saturated carbocycles. The van der Waals surface area contributed by atoms with Crippen LogP contribution in [0.25, 0.3) is 0 Å². The van der Waals surface area contributed by atoms with E-state index in [1.54, 1.807) is 17.5 Å². The second kappa shape index (κ2) is 4.06. The fourth-order valence-corrected chi connectivity index (χ4v) is 2.46. The van der Waals surface area contributed by atoms with E-state index in [-0.39, 0.29) is 12.0 Å². The SMILES string of the molecule is O=C(O)C1CCNC(c2nccs2)C1. The van der Waals surface area contributed by atoms with Gasteiger partial charge in [0, 0.05) is 11.6 Å². The average Bonchev–Trinajstić information content (AvgIpc) is 2.71. The van der Waals surface area contributed by atoms with Crippen LogP contribution in [0.4, 0.5) is 0 Å². The largest absolute Gasteiger partial charge is 0.481 e. The van der Waals surface area contributed by atoms with Gasteiger partial charge in [0.25, 0.3) is 0 Å². The molecule has 2 atom stereocenters. The molecule has 5 heteroatoms. The zero-order chi connectivity index (χ0) is 9.97. The Hall–Kier alpha value is -0.940. The van der Waals surface area contributed by atoms with E-state index in [0.29, 0.717) is 6.42 Å². The van der Waals surface area contributed by atoms with Gasteiger partial charge in [0.1, 0.15) is 5.01 Å². The maximum atomic E-state index is 10.8. The van der Waals surface area contributed by atoms with E-state index < -0.39 is 5.97 Å². The molecule has 2 unspecified atom stereocenters. The lowest BCUT2D eigenvalue weighted by molar-refractivity contribution is -0.143. The molecule has 1 fully saturated rings. The number of carboxylic acids is 1. The fraction of sp³-hybridized carbons (Fsp3) is 0.556. The van der Waals surface area contributed by atoms with E-state index in [0.717, 1.165) is 18.0 Å². The van der Waals surface area contributed by atoms with E-state index in [1.807, 2.05) is 5.38 Å². The zero-order valence-electron chi connectivity index (χ0n) is 7.64. The van der Waals surface area contributed by atoms with Crippen LogP contribution in [-0.2, 0) is 4.79 Å². The molecule has 2 heterocycles. The Kier molecular flexibility index (Phi) is 2.79. The number of aliphatic carboxylic acids is 1. The van der Waals surface area contributed by atoms with Crippen LogP contribution >= 0.6 is 11.3 Å². The van der Waals surface area contributed by atoms with Gasteiger partial charge < -0.3 is 10.4 Å². The number of nitrogens with one attached hydrogen (secondary N) is 1. The number of thiazole rings is 1. The van der Waals surface area contributed by atoms with Crippen molar-refractivity contribution in [2.75, 3.05) is 6.54 Å². The predicted octanol–water partition coefficient (Wildman–Crippen LogP) is 1.27. The van der Waals surface area contributed by atoms with Gasteiger partial charge in [-0.2, -0.15) is 0 Å². The first-order valence-electron chi connectivity index (χ1n) is 4.63. The molecule has 0 aromatic carbocycles. The summed E-state index contributed by atoms with van der Waals surface area (Å²) >= 11 is 1.58. The summed E-state index contributed by atoms with van der Waals surface area (Å²) in [5.74, 6) is -0.904. The Bertz CT molecular complexity index is 313. The van der Waals surface area contributed by atoms with Crippen LogP contribution in [0.15, 0.2) is 11.6 Å². The summed E-state index contributed by atoms with van der Waals surface area (Å²) in [6.07, 6.45) is 3.13. The van der Waals surface area contributed by atoms with Gasteiger partial charge in [-0.05, 0) is 19.4 Å². The Morgan fingerprint density at radius 2 is 2.57 bits per heavy atom. The smallest absolute Gasteiger partial charge is 0.306 e. The van der Waals surface area contributed by atoms with Gasteiger partial charge in [0.2, 0.25) is 0 Å². The molecule has 1 aromatic rings. The Morgan fingerprint density at radius 3 is 3.21 bits per heavy atom. The van der Waals surface area contributed by atoms with Crippen molar-refractivity contribution in [1.82, 2.24) is 10.3 Å². The number of nitrogens with zero attached hydrogens (tertiary/aromatic N) is 1. The van der Waals surface area contributed by atoms with E-state index in [4.69, 9.17) is 5.11 Å². The molecule has 1 aliphatic heterocycles. The summed E-state index contributed by atoms with van der Waals surface area (Å²) in [7, 11) is 0. The minimum absolute atomic E-state index is 0.129. The van der Waals surface area contributed by atoms with Crippen molar-refractivity contribution in [1.29, 1.82) is 0 Å². The van der Waals surface area contributed by atoms with Crippen molar-refractivity contribution in [2.45, 2.75) is 18.9 Å². The molecular weight excluding hydrogens is 200 g/mol. The van der Waals surface area contributed by atoms with Crippen LogP contribution in [-0.4, -0.2) is 22.6 Å². The number of piperidine rings is 1. The minimum Gasteiger partial charge on any atom is -0.481 e. The number of hydrogen-bond donors (Lipinski definition) is 2. The molecule has 0 amide bonds. The second-order valence-corrected chi connectivity index (χ2v) is 4.36. The molecular formula is C9H12N2O2S. The quantitative estimate of drug-likeness (QED) is 0.775. The minimum atomic E-state index is -0.687. The second-order valence-electron chi connectivity index (χ2n) is 3.44. The van der Waals surface area contributed by atoms with E-state index >= 15 is 0 Å². The van der Waals surface area contributed by atoms with Crippen LogP contribution in [0.1, 0.15) is 23.9 Å². The number of carbonyl (C=O) groups is 1. The molecule has 0 spiro atoms. The van der Waals surface area contributed by atoms with Gasteiger partial charge in [-0.15, -0.1) is 11.3 Å². The molecule has 76 valence electrons. The third kappa shape index (κ3) is 1.93. The molecule has 0 aliphatic carbocycles. The van der Waals surface area contributed by atoms with Crippen molar-refractivity contribution in [2.24, 2.45) is 5.92 Å². The topological polar surface area (TPSA) is 62.2 Å². The highest BCUT2D eigenvalue weighted by atomic mass is 32.1. The molecule has 4 nitrogen and oxygen atoms in total.